The molecule has 15 heteroatoms. The van der Waals surface area contributed by atoms with Gasteiger partial charge in [0, 0.05) is 12.8 Å². The lowest BCUT2D eigenvalue weighted by atomic mass is 9.98. The standard InChI is InChI=1S/C57H92O15/c1-3-5-7-9-11-13-15-17-19-21-22-24-26-28-30-32-34-36-38-40-49(60)70-45(42-67-48(59)39-37-35-33-31-29-27-25-23-20-18-16-14-12-10-8-6-4-2)43-68-56-55(66)53(64)51(62)47(72-56)44-69-57-54(65)52(63)50(61)46(41-58)71-57/h11,13,17-20,22,24-25,27-28,30-31,33-34,36,45-47,50-58,61-66H,3-10,12,14-16,21,23,26,29,32,35,37-44H2,1-2H3/b13-11+,19-17+,20-18+,24-22+,27-25+,30-28+,33-31+,36-34+/t45-,46+,47+,50-,51-,52?,53?,54?,55?,56+,57+/m1/s1. The number of ether oxygens (including phenoxy) is 6. The van der Waals surface area contributed by atoms with Crippen molar-refractivity contribution >= 4 is 11.9 Å². The van der Waals surface area contributed by atoms with Crippen molar-refractivity contribution in [2.75, 3.05) is 26.4 Å². The Bertz CT molecular complexity index is 1620. The van der Waals surface area contributed by atoms with Crippen LogP contribution in [0.25, 0.3) is 0 Å². The summed E-state index contributed by atoms with van der Waals surface area (Å²) >= 11 is 0. The highest BCUT2D eigenvalue weighted by molar-refractivity contribution is 5.70. The highest BCUT2D eigenvalue weighted by Crippen LogP contribution is 2.26. The molecule has 410 valence electrons. The molecule has 2 saturated heterocycles. The van der Waals surface area contributed by atoms with Gasteiger partial charge in [0.25, 0.3) is 0 Å². The van der Waals surface area contributed by atoms with Crippen LogP contribution in [0.3, 0.4) is 0 Å². The predicted octanol–water partition coefficient (Wildman–Crippen LogP) is 8.15. The van der Waals surface area contributed by atoms with Crippen molar-refractivity contribution in [2.45, 2.75) is 223 Å². The fraction of sp³-hybridized carbons (Fsp3) is 0.684. The summed E-state index contributed by atoms with van der Waals surface area (Å²) in [6.07, 6.45) is 37.4. The Labute approximate surface area is 430 Å². The minimum absolute atomic E-state index is 0.0257. The molecule has 15 nitrogen and oxygen atoms in total. The Hall–Kier alpha value is -3.58. The quantitative estimate of drug-likeness (QED) is 0.0174. The Morgan fingerprint density at radius 3 is 1.39 bits per heavy atom. The third-order valence-electron chi connectivity index (χ3n) is 12.0. The van der Waals surface area contributed by atoms with Crippen LogP contribution in [-0.2, 0) is 38.0 Å². The minimum Gasteiger partial charge on any atom is -0.462 e. The Morgan fingerprint density at radius 2 is 0.861 bits per heavy atom. The summed E-state index contributed by atoms with van der Waals surface area (Å²) in [5.74, 6) is -1.09. The zero-order chi connectivity index (χ0) is 52.4. The van der Waals surface area contributed by atoms with Crippen LogP contribution in [0.1, 0.15) is 155 Å². The van der Waals surface area contributed by atoms with Gasteiger partial charge in [-0.05, 0) is 83.5 Å². The van der Waals surface area contributed by atoms with Crippen molar-refractivity contribution in [3.8, 4) is 0 Å². The third-order valence-corrected chi connectivity index (χ3v) is 12.0. The van der Waals surface area contributed by atoms with Crippen molar-refractivity contribution in [1.29, 1.82) is 0 Å². The summed E-state index contributed by atoms with van der Waals surface area (Å²) in [5, 5.41) is 72.1. The number of aliphatic hydroxyl groups is 7. The number of hydrogen-bond donors (Lipinski definition) is 7. The first-order valence-corrected chi connectivity index (χ1v) is 26.8. The van der Waals surface area contributed by atoms with Gasteiger partial charge in [0.2, 0.25) is 0 Å². The molecule has 0 bridgehead atoms. The maximum Gasteiger partial charge on any atom is 0.306 e. The van der Waals surface area contributed by atoms with Crippen LogP contribution in [0.15, 0.2) is 97.2 Å². The summed E-state index contributed by atoms with van der Waals surface area (Å²) in [5.41, 5.74) is 0. The van der Waals surface area contributed by atoms with Gasteiger partial charge in [-0.25, -0.2) is 0 Å². The van der Waals surface area contributed by atoms with E-state index < -0.39 is 99.3 Å². The highest BCUT2D eigenvalue weighted by atomic mass is 16.7. The van der Waals surface area contributed by atoms with Gasteiger partial charge >= 0.3 is 11.9 Å². The summed E-state index contributed by atoms with van der Waals surface area (Å²) in [6, 6.07) is 0. The first-order chi connectivity index (χ1) is 35.0. The lowest BCUT2D eigenvalue weighted by Gasteiger charge is -2.42. The summed E-state index contributed by atoms with van der Waals surface area (Å²) in [6.45, 7) is 2.41. The first kappa shape index (κ1) is 64.5. The van der Waals surface area contributed by atoms with Crippen LogP contribution in [0.4, 0.5) is 0 Å². The molecule has 4 unspecified atom stereocenters. The van der Waals surface area contributed by atoms with E-state index >= 15 is 0 Å². The monoisotopic (exact) mass is 1020 g/mol. The summed E-state index contributed by atoms with van der Waals surface area (Å²) < 4.78 is 33.4. The molecule has 0 amide bonds. The van der Waals surface area contributed by atoms with E-state index in [0.29, 0.717) is 25.7 Å². The van der Waals surface area contributed by atoms with E-state index in [-0.39, 0.29) is 19.4 Å². The number of aliphatic hydroxyl groups excluding tert-OH is 7. The molecule has 0 aromatic rings. The molecule has 2 rings (SSSR count). The van der Waals surface area contributed by atoms with Crippen molar-refractivity contribution in [3.05, 3.63) is 97.2 Å². The average Bonchev–Trinajstić information content (AvgIpc) is 3.37. The van der Waals surface area contributed by atoms with E-state index in [9.17, 15) is 45.3 Å². The number of carbonyl (C=O) groups excluding carboxylic acids is 2. The van der Waals surface area contributed by atoms with Gasteiger partial charge in [0.15, 0.2) is 18.7 Å². The molecular weight excluding hydrogens is 925 g/mol. The number of rotatable bonds is 40. The number of hydrogen-bond acceptors (Lipinski definition) is 15. The van der Waals surface area contributed by atoms with E-state index in [0.717, 1.165) is 44.9 Å². The van der Waals surface area contributed by atoms with Crippen LogP contribution in [0.2, 0.25) is 0 Å². The lowest BCUT2D eigenvalue weighted by molar-refractivity contribution is -0.332. The van der Waals surface area contributed by atoms with Gasteiger partial charge in [-0.1, -0.05) is 156 Å². The van der Waals surface area contributed by atoms with Gasteiger partial charge < -0.3 is 64.2 Å². The molecule has 0 saturated carbocycles. The van der Waals surface area contributed by atoms with E-state index in [2.05, 4.69) is 92.8 Å². The third kappa shape index (κ3) is 30.0. The van der Waals surface area contributed by atoms with Crippen LogP contribution in [-0.4, -0.2) is 142 Å². The zero-order valence-corrected chi connectivity index (χ0v) is 43.4. The molecule has 2 heterocycles. The molecule has 0 spiro atoms. The summed E-state index contributed by atoms with van der Waals surface area (Å²) in [4.78, 5) is 25.7. The molecule has 11 atom stereocenters. The van der Waals surface area contributed by atoms with Gasteiger partial charge in [-0.2, -0.15) is 0 Å². The van der Waals surface area contributed by atoms with Crippen LogP contribution >= 0.6 is 0 Å². The van der Waals surface area contributed by atoms with Crippen LogP contribution in [0, 0.1) is 0 Å². The molecule has 2 fully saturated rings. The van der Waals surface area contributed by atoms with Crippen molar-refractivity contribution in [2.24, 2.45) is 0 Å². The zero-order valence-electron chi connectivity index (χ0n) is 43.4. The molecule has 2 aliphatic rings. The van der Waals surface area contributed by atoms with E-state index in [1.807, 2.05) is 18.2 Å². The maximum absolute atomic E-state index is 13.0. The second-order valence-corrected chi connectivity index (χ2v) is 18.3. The Balaban J connectivity index is 1.86. The minimum atomic E-state index is -1.79. The smallest absolute Gasteiger partial charge is 0.306 e. The van der Waals surface area contributed by atoms with Crippen molar-refractivity contribution in [1.82, 2.24) is 0 Å². The van der Waals surface area contributed by atoms with Gasteiger partial charge in [0.05, 0.1) is 19.8 Å². The van der Waals surface area contributed by atoms with E-state index in [1.54, 1.807) is 0 Å². The van der Waals surface area contributed by atoms with Gasteiger partial charge in [-0.15, -0.1) is 0 Å². The fourth-order valence-electron chi connectivity index (χ4n) is 7.63. The SMILES string of the molecule is CCCCC/C=C/C/C=C/C/C=C/C/C=C/C/C=C/CCC(=O)O[C@H](COC(=O)CCC/C=C/C/C=C/C/C=C/CCCCCCCC)CO[C@H]1O[C@@H](CO[C@H]2O[C@@H](CO)[C@@H](O)C(O)C2O)[C@@H](O)C(O)C1O. The Kier molecular flexibility index (Phi) is 38.3. The second-order valence-electron chi connectivity index (χ2n) is 18.3. The maximum atomic E-state index is 13.0. The highest BCUT2D eigenvalue weighted by Gasteiger charge is 2.47. The van der Waals surface area contributed by atoms with Crippen LogP contribution in [0.5, 0.6) is 0 Å². The lowest BCUT2D eigenvalue weighted by Crippen LogP contribution is -2.61. The number of allylic oxidation sites excluding steroid dienone is 16. The van der Waals surface area contributed by atoms with E-state index in [4.69, 9.17) is 28.4 Å². The molecule has 72 heavy (non-hydrogen) atoms. The largest absolute Gasteiger partial charge is 0.462 e. The number of esters is 2. The second kappa shape index (κ2) is 42.7. The number of unbranched alkanes of at least 4 members (excludes halogenated alkanes) is 10. The summed E-state index contributed by atoms with van der Waals surface area (Å²) in [7, 11) is 0. The van der Waals surface area contributed by atoms with E-state index in [1.165, 1.54) is 57.8 Å². The van der Waals surface area contributed by atoms with Crippen molar-refractivity contribution in [3.63, 3.8) is 0 Å². The number of carbonyl (C=O) groups is 2. The van der Waals surface area contributed by atoms with Crippen molar-refractivity contribution < 1.29 is 73.8 Å². The molecular formula is C57H92O15. The van der Waals surface area contributed by atoms with Gasteiger partial charge in [-0.3, -0.25) is 9.59 Å². The molecule has 0 radical (unpaired) electrons. The topological polar surface area (TPSA) is 231 Å². The predicted molar refractivity (Wildman–Crippen MR) is 279 cm³/mol. The average molecular weight is 1020 g/mol. The fourth-order valence-corrected chi connectivity index (χ4v) is 7.63. The normalized spacial score (nSPS) is 25.8. The van der Waals surface area contributed by atoms with Crippen LogP contribution < -0.4 is 0 Å². The van der Waals surface area contributed by atoms with Gasteiger partial charge in [0.1, 0.15) is 55.4 Å². The molecule has 0 aliphatic carbocycles. The Morgan fingerprint density at radius 1 is 0.444 bits per heavy atom. The molecule has 0 aromatic carbocycles. The molecule has 7 N–H and O–H groups in total. The molecule has 2 aliphatic heterocycles. The first-order valence-electron chi connectivity index (χ1n) is 26.8. The molecule has 0 aromatic heterocycles.